The highest BCUT2D eigenvalue weighted by molar-refractivity contribution is 7.92. The number of anilines is 1. The van der Waals surface area contributed by atoms with Gasteiger partial charge in [0.25, 0.3) is 10.0 Å². The summed E-state index contributed by atoms with van der Waals surface area (Å²) in [4.78, 5) is 6.16. The van der Waals surface area contributed by atoms with Gasteiger partial charge in [0, 0.05) is 11.6 Å². The predicted molar refractivity (Wildman–Crippen MR) is 86.8 cm³/mol. The highest BCUT2D eigenvalue weighted by Crippen LogP contribution is 2.34. The molecule has 0 fully saturated rings. The Hall–Kier alpha value is -2.39. The minimum absolute atomic E-state index is 0.0566. The molecular formula is C15H9ClF3N3O2S. The fraction of sp³-hybridized carbons (Fsp3) is 0.0667. The van der Waals surface area contributed by atoms with Crippen molar-refractivity contribution in [3.63, 3.8) is 0 Å². The summed E-state index contributed by atoms with van der Waals surface area (Å²) in [6.07, 6.45) is -3.53. The largest absolute Gasteiger partial charge is 0.434 e. The second-order valence-corrected chi connectivity index (χ2v) is 7.00. The molecule has 0 aliphatic heterocycles. The molecule has 0 radical (unpaired) electrons. The normalized spacial score (nSPS) is 12.3. The molecule has 1 N–H and O–H groups in total. The number of hydrogen-bond acceptors (Lipinski definition) is 4. The van der Waals surface area contributed by atoms with Crippen LogP contribution in [0.1, 0.15) is 5.69 Å². The van der Waals surface area contributed by atoms with Gasteiger partial charge in [-0.15, -0.1) is 0 Å². The number of nitrogens with one attached hydrogen (secondary N) is 1. The molecule has 5 nitrogen and oxygen atoms in total. The second kappa shape index (κ2) is 6.16. The predicted octanol–water partition coefficient (Wildman–Crippen LogP) is 4.10. The molecule has 3 aromatic rings. The van der Waals surface area contributed by atoms with Crippen molar-refractivity contribution in [3.8, 4) is 0 Å². The maximum absolute atomic E-state index is 13.1. The van der Waals surface area contributed by atoms with Crippen LogP contribution in [0, 0.1) is 0 Å². The smallest absolute Gasteiger partial charge is 0.277 e. The highest BCUT2D eigenvalue weighted by atomic mass is 35.5. The Bertz CT molecular complexity index is 1050. The first kappa shape index (κ1) is 17.4. The maximum Gasteiger partial charge on any atom is 0.434 e. The van der Waals surface area contributed by atoms with Gasteiger partial charge in [-0.2, -0.15) is 13.2 Å². The number of nitrogens with zero attached hydrogens (tertiary/aromatic N) is 2. The lowest BCUT2D eigenvalue weighted by Gasteiger charge is -2.14. The summed E-state index contributed by atoms with van der Waals surface area (Å²) in [5, 5.41) is 0.172. The van der Waals surface area contributed by atoms with Gasteiger partial charge in [0.15, 0.2) is 5.69 Å². The molecule has 0 aliphatic rings. The first-order valence-electron chi connectivity index (χ1n) is 6.79. The number of rotatable bonds is 3. The fourth-order valence-corrected chi connectivity index (χ4v) is 3.60. The minimum atomic E-state index is -4.98. The number of alkyl halides is 3. The van der Waals surface area contributed by atoms with E-state index in [-0.39, 0.29) is 5.69 Å². The third kappa shape index (κ3) is 3.52. The van der Waals surface area contributed by atoms with Crippen LogP contribution < -0.4 is 4.72 Å². The molecule has 0 bridgehead atoms. The highest BCUT2D eigenvalue weighted by Gasteiger charge is 2.39. The SMILES string of the molecule is O=S(=O)(Nc1cccc2cccnc12)c1ccc(Cl)nc1C(F)(F)F. The Balaban J connectivity index is 2.12. The average Bonchev–Trinajstić information content (AvgIpc) is 2.54. The van der Waals surface area contributed by atoms with Gasteiger partial charge in [0.2, 0.25) is 0 Å². The van der Waals surface area contributed by atoms with Crippen LogP contribution in [0.3, 0.4) is 0 Å². The number of halogens is 4. The summed E-state index contributed by atoms with van der Waals surface area (Å²) in [7, 11) is -4.57. The van der Waals surface area contributed by atoms with Crippen LogP contribution in [0.15, 0.2) is 53.6 Å². The summed E-state index contributed by atoms with van der Waals surface area (Å²) in [5.41, 5.74) is -1.22. The number of sulfonamides is 1. The Morgan fingerprint density at radius 3 is 2.48 bits per heavy atom. The van der Waals surface area contributed by atoms with Gasteiger partial charge in [0.05, 0.1) is 11.2 Å². The van der Waals surface area contributed by atoms with Gasteiger partial charge < -0.3 is 0 Å². The van der Waals surface area contributed by atoms with Gasteiger partial charge in [-0.1, -0.05) is 29.8 Å². The lowest BCUT2D eigenvalue weighted by molar-refractivity contribution is -0.143. The Morgan fingerprint density at radius 2 is 1.76 bits per heavy atom. The first-order chi connectivity index (χ1) is 11.7. The third-order valence-electron chi connectivity index (χ3n) is 3.26. The molecule has 0 aliphatic carbocycles. The quantitative estimate of drug-likeness (QED) is 0.687. The van der Waals surface area contributed by atoms with Gasteiger partial charge in [-0.05, 0) is 24.3 Å². The molecule has 0 amide bonds. The van der Waals surface area contributed by atoms with Gasteiger partial charge in [-0.3, -0.25) is 9.71 Å². The number of para-hydroxylation sites is 1. The molecule has 0 saturated heterocycles. The van der Waals surface area contributed by atoms with Crippen LogP contribution in [0.5, 0.6) is 0 Å². The van der Waals surface area contributed by atoms with Crippen molar-refractivity contribution < 1.29 is 21.6 Å². The van der Waals surface area contributed by atoms with Crippen molar-refractivity contribution in [2.24, 2.45) is 0 Å². The topological polar surface area (TPSA) is 72.0 Å². The summed E-state index contributed by atoms with van der Waals surface area (Å²) in [5.74, 6) is 0. The maximum atomic E-state index is 13.1. The monoisotopic (exact) mass is 387 g/mol. The van der Waals surface area contributed by atoms with Crippen molar-refractivity contribution in [2.45, 2.75) is 11.1 Å². The fourth-order valence-electron chi connectivity index (χ4n) is 2.23. The van der Waals surface area contributed by atoms with Crippen LogP contribution in [-0.2, 0) is 16.2 Å². The average molecular weight is 388 g/mol. The molecule has 25 heavy (non-hydrogen) atoms. The van der Waals surface area contributed by atoms with Crippen LogP contribution in [-0.4, -0.2) is 18.4 Å². The molecule has 0 spiro atoms. The molecule has 0 saturated carbocycles. The molecule has 0 unspecified atom stereocenters. The lowest BCUT2D eigenvalue weighted by atomic mass is 10.2. The van der Waals surface area contributed by atoms with E-state index in [0.29, 0.717) is 10.9 Å². The van der Waals surface area contributed by atoms with E-state index in [0.717, 1.165) is 12.1 Å². The lowest BCUT2D eigenvalue weighted by Crippen LogP contribution is -2.20. The molecule has 10 heteroatoms. The Kier molecular flexibility index (Phi) is 4.29. The van der Waals surface area contributed by atoms with Crippen LogP contribution in [0.2, 0.25) is 5.15 Å². The number of aromatic nitrogens is 2. The molecule has 2 heterocycles. The van der Waals surface area contributed by atoms with E-state index in [1.807, 2.05) is 0 Å². The molecule has 130 valence electrons. The zero-order valence-electron chi connectivity index (χ0n) is 12.2. The standard InChI is InChI=1S/C15H9ClF3N3O2S/c16-12-7-6-11(14(21-12)15(17,18)19)25(23,24)22-10-5-1-3-9-4-2-8-20-13(9)10/h1-8,22H. The van der Waals surface area contributed by atoms with Crippen molar-refractivity contribution >= 4 is 38.2 Å². The van der Waals surface area contributed by atoms with Crippen LogP contribution in [0.25, 0.3) is 10.9 Å². The number of benzene rings is 1. The summed E-state index contributed by atoms with van der Waals surface area (Å²) in [6.45, 7) is 0. The zero-order valence-corrected chi connectivity index (χ0v) is 13.8. The van der Waals surface area contributed by atoms with E-state index in [1.165, 1.54) is 12.3 Å². The molecule has 3 rings (SSSR count). The van der Waals surface area contributed by atoms with Crippen LogP contribution >= 0.6 is 11.6 Å². The van der Waals surface area contributed by atoms with Crippen molar-refractivity contribution in [3.05, 3.63) is 59.5 Å². The molecular weight excluding hydrogens is 379 g/mol. The Morgan fingerprint density at radius 1 is 1.04 bits per heavy atom. The van der Waals surface area contributed by atoms with Gasteiger partial charge >= 0.3 is 6.18 Å². The third-order valence-corrected chi connectivity index (χ3v) is 4.87. The van der Waals surface area contributed by atoms with E-state index in [9.17, 15) is 21.6 Å². The molecule has 2 aromatic heterocycles. The van der Waals surface area contributed by atoms with Crippen molar-refractivity contribution in [1.29, 1.82) is 0 Å². The second-order valence-electron chi connectivity index (χ2n) is 4.96. The summed E-state index contributed by atoms with van der Waals surface area (Å²) in [6, 6.07) is 9.77. The van der Waals surface area contributed by atoms with Crippen LogP contribution in [0.4, 0.5) is 18.9 Å². The van der Waals surface area contributed by atoms with E-state index in [1.54, 1.807) is 24.3 Å². The van der Waals surface area contributed by atoms with E-state index >= 15 is 0 Å². The molecule has 0 atom stereocenters. The minimum Gasteiger partial charge on any atom is -0.277 e. The van der Waals surface area contributed by atoms with Crippen molar-refractivity contribution in [2.75, 3.05) is 4.72 Å². The number of hydrogen-bond donors (Lipinski definition) is 1. The first-order valence-corrected chi connectivity index (χ1v) is 8.65. The summed E-state index contributed by atoms with van der Waals surface area (Å²) >= 11 is 5.47. The Labute approximate surface area is 145 Å². The van der Waals surface area contributed by atoms with E-state index in [2.05, 4.69) is 14.7 Å². The van der Waals surface area contributed by atoms with E-state index < -0.39 is 31.9 Å². The van der Waals surface area contributed by atoms with Gasteiger partial charge in [0.1, 0.15) is 10.0 Å². The van der Waals surface area contributed by atoms with Crippen molar-refractivity contribution in [1.82, 2.24) is 9.97 Å². The number of fused-ring (bicyclic) bond motifs is 1. The number of pyridine rings is 2. The summed E-state index contributed by atoms with van der Waals surface area (Å²) < 4.78 is 66.5. The zero-order chi connectivity index (χ0) is 18.2. The van der Waals surface area contributed by atoms with E-state index in [4.69, 9.17) is 11.6 Å². The van der Waals surface area contributed by atoms with Gasteiger partial charge in [-0.25, -0.2) is 13.4 Å². The molecule has 1 aromatic carbocycles.